The van der Waals surface area contributed by atoms with Crippen molar-refractivity contribution in [1.82, 2.24) is 30.4 Å². The van der Waals surface area contributed by atoms with Crippen molar-refractivity contribution in [2.75, 3.05) is 26.0 Å². The molecule has 3 aromatic rings. The molecular weight excluding hydrogens is 350 g/mol. The van der Waals surface area contributed by atoms with Crippen LogP contribution in [-0.2, 0) is 0 Å². The summed E-state index contributed by atoms with van der Waals surface area (Å²) < 4.78 is 1.57. The molecule has 2 aromatic heterocycles. The molecule has 3 rings (SSSR count). The number of nitrogens with one attached hydrogen (secondary N) is 2. The van der Waals surface area contributed by atoms with Crippen LogP contribution in [0.15, 0.2) is 42.0 Å². The lowest BCUT2D eigenvalue weighted by molar-refractivity contribution is 0.244. The van der Waals surface area contributed by atoms with Crippen molar-refractivity contribution in [3.63, 3.8) is 0 Å². The maximum atomic E-state index is 12.3. The first kappa shape index (κ1) is 18.0. The van der Waals surface area contributed by atoms with Crippen molar-refractivity contribution >= 4 is 23.1 Å². The second kappa shape index (κ2) is 8.07. The zero-order valence-electron chi connectivity index (χ0n) is 14.9. The summed E-state index contributed by atoms with van der Waals surface area (Å²) in [5.41, 5.74) is 2.50. The number of nitrogens with zero attached hydrogens (tertiary/aromatic N) is 5. The summed E-state index contributed by atoms with van der Waals surface area (Å²) in [6.45, 7) is 2.48. The lowest BCUT2D eigenvalue weighted by atomic mass is 10.2. The highest BCUT2D eigenvalue weighted by Crippen LogP contribution is 2.22. The fraction of sp³-hybridized carbons (Fsp3) is 0.294. The van der Waals surface area contributed by atoms with Gasteiger partial charge in [0.05, 0.1) is 11.7 Å². The Morgan fingerprint density at radius 2 is 2.19 bits per heavy atom. The van der Waals surface area contributed by atoms with Crippen LogP contribution in [0.5, 0.6) is 0 Å². The van der Waals surface area contributed by atoms with Gasteiger partial charge in [0.1, 0.15) is 6.33 Å². The van der Waals surface area contributed by atoms with E-state index in [1.165, 1.54) is 11.2 Å². The number of benzene rings is 1. The Kier molecular flexibility index (Phi) is 5.59. The number of urea groups is 1. The van der Waals surface area contributed by atoms with Crippen molar-refractivity contribution in [3.8, 4) is 5.69 Å². The van der Waals surface area contributed by atoms with E-state index in [0.717, 1.165) is 11.3 Å². The van der Waals surface area contributed by atoms with Crippen LogP contribution in [0.2, 0.25) is 0 Å². The Hall–Kier alpha value is -2.78. The van der Waals surface area contributed by atoms with E-state index >= 15 is 0 Å². The molecule has 136 valence electrons. The maximum absolute atomic E-state index is 12.3. The zero-order valence-corrected chi connectivity index (χ0v) is 15.7. The fourth-order valence-electron chi connectivity index (χ4n) is 2.59. The molecule has 1 atom stereocenters. The number of thiophene rings is 1. The number of anilines is 1. The number of likely N-dealkylation sites (N-methyl/N-ethyl adjacent to an activating group) is 1. The Bertz CT molecular complexity index is 846. The van der Waals surface area contributed by atoms with Gasteiger partial charge >= 0.3 is 6.03 Å². The molecule has 0 aliphatic rings. The Balaban J connectivity index is 1.64. The Labute approximate surface area is 155 Å². The van der Waals surface area contributed by atoms with Crippen LogP contribution in [0.25, 0.3) is 5.69 Å². The van der Waals surface area contributed by atoms with Gasteiger partial charge in [-0.1, -0.05) is 12.1 Å². The van der Waals surface area contributed by atoms with Gasteiger partial charge in [0.25, 0.3) is 0 Å². The first-order chi connectivity index (χ1) is 12.5. The van der Waals surface area contributed by atoms with Crippen molar-refractivity contribution in [2.24, 2.45) is 0 Å². The lowest BCUT2D eigenvalue weighted by Gasteiger charge is -2.23. The number of carbonyl (C=O) groups is 1. The molecule has 2 heterocycles. The molecule has 2 N–H and O–H groups in total. The van der Waals surface area contributed by atoms with E-state index in [1.54, 1.807) is 16.0 Å². The highest BCUT2D eigenvalue weighted by atomic mass is 32.1. The van der Waals surface area contributed by atoms with Gasteiger partial charge in [-0.25, -0.2) is 9.48 Å². The highest BCUT2D eigenvalue weighted by Gasteiger charge is 2.16. The van der Waals surface area contributed by atoms with Gasteiger partial charge in [0, 0.05) is 17.1 Å². The molecule has 0 radical (unpaired) electrons. The Morgan fingerprint density at radius 3 is 2.85 bits per heavy atom. The lowest BCUT2D eigenvalue weighted by Crippen LogP contribution is -2.36. The number of carbonyl (C=O) groups excluding carboxylic acids is 1. The quantitative estimate of drug-likeness (QED) is 0.695. The topological polar surface area (TPSA) is 88.0 Å². The van der Waals surface area contributed by atoms with Crippen LogP contribution in [0.1, 0.15) is 16.5 Å². The fourth-order valence-corrected chi connectivity index (χ4v) is 3.51. The molecule has 26 heavy (non-hydrogen) atoms. The summed E-state index contributed by atoms with van der Waals surface area (Å²) in [4.78, 5) is 15.6. The Morgan fingerprint density at radius 1 is 1.35 bits per heavy atom. The van der Waals surface area contributed by atoms with E-state index in [-0.39, 0.29) is 12.1 Å². The first-order valence-corrected chi connectivity index (χ1v) is 9.01. The van der Waals surface area contributed by atoms with Crippen LogP contribution in [0.3, 0.4) is 0 Å². The van der Waals surface area contributed by atoms with Gasteiger partial charge < -0.3 is 15.5 Å². The molecule has 0 aliphatic carbocycles. The average molecular weight is 371 g/mol. The van der Waals surface area contributed by atoms with E-state index in [9.17, 15) is 4.79 Å². The zero-order chi connectivity index (χ0) is 18.5. The van der Waals surface area contributed by atoms with E-state index in [4.69, 9.17) is 0 Å². The van der Waals surface area contributed by atoms with Gasteiger partial charge in [-0.05, 0) is 60.6 Å². The smallest absolute Gasteiger partial charge is 0.319 e. The minimum atomic E-state index is -0.250. The number of hydrogen-bond acceptors (Lipinski definition) is 6. The highest BCUT2D eigenvalue weighted by molar-refractivity contribution is 7.10. The first-order valence-electron chi connectivity index (χ1n) is 8.13. The summed E-state index contributed by atoms with van der Waals surface area (Å²) in [5.74, 6) is 0. The molecule has 0 bridgehead atoms. The van der Waals surface area contributed by atoms with Crippen molar-refractivity contribution < 1.29 is 4.79 Å². The summed E-state index contributed by atoms with van der Waals surface area (Å²) in [7, 11) is 4.00. The molecule has 1 unspecified atom stereocenters. The van der Waals surface area contributed by atoms with Crippen molar-refractivity contribution in [3.05, 3.63) is 52.5 Å². The third kappa shape index (κ3) is 4.24. The molecule has 9 heteroatoms. The molecule has 0 saturated heterocycles. The van der Waals surface area contributed by atoms with Crippen molar-refractivity contribution in [1.29, 1.82) is 0 Å². The number of amides is 2. The monoisotopic (exact) mass is 371 g/mol. The van der Waals surface area contributed by atoms with E-state index < -0.39 is 0 Å². The van der Waals surface area contributed by atoms with Crippen LogP contribution >= 0.6 is 11.3 Å². The molecule has 8 nitrogen and oxygen atoms in total. The molecule has 0 saturated carbocycles. The van der Waals surface area contributed by atoms with Gasteiger partial charge in [0.15, 0.2) is 0 Å². The molecule has 1 aromatic carbocycles. The number of aromatic nitrogens is 4. The van der Waals surface area contributed by atoms with Crippen LogP contribution < -0.4 is 10.6 Å². The van der Waals surface area contributed by atoms with Crippen LogP contribution in [0.4, 0.5) is 10.5 Å². The molecule has 0 fully saturated rings. The minimum absolute atomic E-state index is 0.135. The molecular formula is C17H21N7OS. The second-order valence-electron chi connectivity index (χ2n) is 6.09. The number of aryl methyl sites for hydroxylation is 1. The third-order valence-corrected chi connectivity index (χ3v) is 4.99. The van der Waals surface area contributed by atoms with Crippen LogP contribution in [-0.4, -0.2) is 51.8 Å². The standard InChI is InChI=1S/C17H21N7OS/c1-12-6-7-13(9-14(12)24-11-19-21-22-24)20-17(25)18-10-15(23(2)3)16-5-4-8-26-16/h4-9,11,15H,10H2,1-3H3,(H2,18,20,25). The minimum Gasteiger partial charge on any atom is -0.336 e. The van der Waals surface area contributed by atoms with Gasteiger partial charge in [-0.2, -0.15) is 0 Å². The molecule has 0 spiro atoms. The van der Waals surface area contributed by atoms with E-state index in [1.807, 2.05) is 50.7 Å². The number of tetrazole rings is 1. The molecule has 2 amide bonds. The average Bonchev–Trinajstić information content (AvgIpc) is 3.30. The van der Waals surface area contributed by atoms with Gasteiger partial charge in [-0.15, -0.1) is 16.4 Å². The maximum Gasteiger partial charge on any atom is 0.319 e. The summed E-state index contributed by atoms with van der Waals surface area (Å²) >= 11 is 1.68. The third-order valence-electron chi connectivity index (χ3n) is 4.01. The van der Waals surface area contributed by atoms with E-state index in [0.29, 0.717) is 12.2 Å². The number of rotatable bonds is 6. The summed E-state index contributed by atoms with van der Waals surface area (Å²) in [6, 6.07) is 9.59. The second-order valence-corrected chi connectivity index (χ2v) is 7.06. The SMILES string of the molecule is Cc1ccc(NC(=O)NCC(c2cccs2)N(C)C)cc1-n1cnnn1. The molecule has 0 aliphatic heterocycles. The van der Waals surface area contributed by atoms with Gasteiger partial charge in [0.2, 0.25) is 0 Å². The van der Waals surface area contributed by atoms with Gasteiger partial charge in [-0.3, -0.25) is 0 Å². The van der Waals surface area contributed by atoms with Crippen molar-refractivity contribution in [2.45, 2.75) is 13.0 Å². The van der Waals surface area contributed by atoms with E-state index in [2.05, 4.69) is 37.1 Å². The predicted octanol–water partition coefficient (Wildman–Crippen LogP) is 2.46. The summed E-state index contributed by atoms with van der Waals surface area (Å²) in [5, 5.41) is 19.0. The largest absolute Gasteiger partial charge is 0.336 e. The number of hydrogen-bond donors (Lipinski definition) is 2. The normalized spacial score (nSPS) is 12.2. The summed E-state index contributed by atoms with van der Waals surface area (Å²) in [6.07, 6.45) is 1.52. The predicted molar refractivity (Wildman–Crippen MR) is 102 cm³/mol. The van der Waals surface area contributed by atoms with Crippen LogP contribution in [0, 0.1) is 6.92 Å².